The fourth-order valence-corrected chi connectivity index (χ4v) is 6.53. The minimum atomic E-state index is -1.25. The molecule has 4 N–H and O–H groups in total. The van der Waals surface area contributed by atoms with Crippen molar-refractivity contribution in [2.24, 2.45) is 5.41 Å². The molecule has 2 aromatic carbocycles. The molecule has 1 aromatic heterocycles. The van der Waals surface area contributed by atoms with Crippen LogP contribution in [0.1, 0.15) is 79.5 Å². The first-order valence-corrected chi connectivity index (χ1v) is 18.2. The number of pyridine rings is 1. The van der Waals surface area contributed by atoms with Crippen molar-refractivity contribution in [2.45, 2.75) is 77.4 Å². The quantitative estimate of drug-likeness (QED) is 0.225. The normalized spacial score (nSPS) is 16.9. The third-order valence-electron chi connectivity index (χ3n) is 9.47. The van der Waals surface area contributed by atoms with Crippen molar-refractivity contribution in [1.82, 2.24) is 36.1 Å². The Morgan fingerprint density at radius 3 is 2.25 bits per heavy atom. The van der Waals surface area contributed by atoms with Crippen molar-refractivity contribution in [2.75, 3.05) is 32.7 Å². The number of aromatic nitrogens is 1. The first-order valence-electron chi connectivity index (χ1n) is 18.2. The maximum absolute atomic E-state index is 14.1. The van der Waals surface area contributed by atoms with Gasteiger partial charge in [-0.1, -0.05) is 75.4 Å². The van der Waals surface area contributed by atoms with Gasteiger partial charge < -0.3 is 31.1 Å². The molecule has 0 saturated carbocycles. The Labute approximate surface area is 306 Å². The monoisotopic (exact) mass is 709 g/mol. The van der Waals surface area contributed by atoms with E-state index in [0.717, 1.165) is 30.4 Å². The fourth-order valence-electron chi connectivity index (χ4n) is 6.53. The summed E-state index contributed by atoms with van der Waals surface area (Å²) in [6, 6.07) is 18.3. The maximum atomic E-state index is 14.1. The zero-order valence-corrected chi connectivity index (χ0v) is 30.4. The molecule has 2 aliphatic rings. The summed E-state index contributed by atoms with van der Waals surface area (Å²) in [5.74, 6) is -1.51. The van der Waals surface area contributed by atoms with Crippen LogP contribution in [0.5, 0.6) is 0 Å². The zero-order valence-electron chi connectivity index (χ0n) is 30.4. The summed E-state index contributed by atoms with van der Waals surface area (Å²) in [7, 11) is 0. The second-order valence-corrected chi connectivity index (χ2v) is 14.8. The van der Waals surface area contributed by atoms with Gasteiger partial charge >= 0.3 is 6.03 Å². The van der Waals surface area contributed by atoms with E-state index in [1.807, 2.05) is 69.3 Å². The predicted molar refractivity (Wildman–Crippen MR) is 198 cm³/mol. The SMILES string of the molecule is CC(C)(C)CNC(=O)C[C@H](NC(=O)N1CCN(C(=O)c2cccnc2)CC1)C(=O)N[C@@H](CCc1ccccc1)C(=O)N[C@@H]1CCCc2ccccc21. The van der Waals surface area contributed by atoms with Crippen LogP contribution in [-0.2, 0) is 27.2 Å². The third kappa shape index (κ3) is 10.9. The lowest BCUT2D eigenvalue weighted by Crippen LogP contribution is -2.59. The summed E-state index contributed by atoms with van der Waals surface area (Å²) in [5.41, 5.74) is 3.58. The van der Waals surface area contributed by atoms with Gasteiger partial charge in [0.2, 0.25) is 17.7 Å². The average molecular weight is 710 g/mol. The number of nitrogens with one attached hydrogen (secondary N) is 4. The number of amides is 6. The molecule has 12 heteroatoms. The van der Waals surface area contributed by atoms with Crippen molar-refractivity contribution >= 4 is 29.7 Å². The van der Waals surface area contributed by atoms with Gasteiger partial charge in [-0.25, -0.2) is 4.79 Å². The summed E-state index contributed by atoms with van der Waals surface area (Å²) >= 11 is 0. The average Bonchev–Trinajstić information content (AvgIpc) is 3.15. The molecule has 0 radical (unpaired) electrons. The number of benzene rings is 2. The standard InChI is InChI=1S/C40H51N7O5/c1-40(2,3)27-42-35(48)25-34(45-39(52)47-23-21-46(22-24-47)38(51)30-15-10-20-41-26-30)37(50)44-33(19-18-28-11-5-4-6-12-28)36(49)43-32-17-9-14-29-13-7-8-16-31(29)32/h4-8,10-13,15-16,20,26,32-34H,9,14,17-19,21-25,27H2,1-3H3,(H,42,48)(H,43,49)(H,44,50)(H,45,52)/t32-,33+,34+/m1/s1. The van der Waals surface area contributed by atoms with E-state index in [4.69, 9.17) is 0 Å². The molecule has 1 aliphatic carbocycles. The van der Waals surface area contributed by atoms with Crippen molar-refractivity contribution in [1.29, 1.82) is 0 Å². The first-order chi connectivity index (χ1) is 25.0. The number of aryl methyl sites for hydroxylation is 2. The van der Waals surface area contributed by atoms with Crippen molar-refractivity contribution in [3.63, 3.8) is 0 Å². The number of fused-ring (bicyclic) bond motifs is 1. The Morgan fingerprint density at radius 2 is 1.54 bits per heavy atom. The van der Waals surface area contributed by atoms with Crippen LogP contribution in [0.15, 0.2) is 79.1 Å². The van der Waals surface area contributed by atoms with Gasteiger partial charge in [0.05, 0.1) is 18.0 Å². The Balaban J connectivity index is 1.29. The number of urea groups is 1. The molecule has 2 heterocycles. The number of hydrogen-bond donors (Lipinski definition) is 4. The Bertz CT molecular complexity index is 1690. The molecular weight excluding hydrogens is 658 g/mol. The van der Waals surface area contributed by atoms with Crippen LogP contribution < -0.4 is 21.3 Å². The topological polar surface area (TPSA) is 153 Å². The van der Waals surface area contributed by atoms with Crippen LogP contribution >= 0.6 is 0 Å². The van der Waals surface area contributed by atoms with Gasteiger partial charge in [0.1, 0.15) is 12.1 Å². The molecule has 12 nitrogen and oxygen atoms in total. The largest absolute Gasteiger partial charge is 0.355 e. The van der Waals surface area contributed by atoms with Gasteiger partial charge in [-0.15, -0.1) is 0 Å². The van der Waals surface area contributed by atoms with Crippen LogP contribution in [0, 0.1) is 5.41 Å². The summed E-state index contributed by atoms with van der Waals surface area (Å²) < 4.78 is 0. The van der Waals surface area contributed by atoms with Crippen LogP contribution in [0.3, 0.4) is 0 Å². The fraction of sp³-hybridized carbons (Fsp3) is 0.450. The second kappa shape index (κ2) is 17.8. The summed E-state index contributed by atoms with van der Waals surface area (Å²) in [6.45, 7) is 7.43. The van der Waals surface area contributed by atoms with Crippen LogP contribution in [0.2, 0.25) is 0 Å². The lowest BCUT2D eigenvalue weighted by atomic mass is 9.87. The van der Waals surface area contributed by atoms with Crippen molar-refractivity contribution in [3.05, 3.63) is 101 Å². The van der Waals surface area contributed by atoms with E-state index < -0.39 is 29.9 Å². The zero-order chi connectivity index (χ0) is 37.1. The molecule has 3 aromatic rings. The van der Waals surface area contributed by atoms with E-state index in [1.165, 1.54) is 16.7 Å². The van der Waals surface area contributed by atoms with Gasteiger partial charge in [-0.3, -0.25) is 24.2 Å². The van der Waals surface area contributed by atoms with E-state index in [2.05, 4.69) is 32.3 Å². The summed E-state index contributed by atoms with van der Waals surface area (Å²) in [4.78, 5) is 74.9. The molecule has 52 heavy (non-hydrogen) atoms. The molecule has 0 unspecified atom stereocenters. The van der Waals surface area contributed by atoms with Gasteiger partial charge in [0, 0.05) is 45.1 Å². The van der Waals surface area contributed by atoms with Crippen LogP contribution in [-0.4, -0.2) is 89.3 Å². The number of piperazine rings is 1. The smallest absolute Gasteiger partial charge is 0.318 e. The number of hydrogen-bond acceptors (Lipinski definition) is 6. The van der Waals surface area contributed by atoms with Gasteiger partial charge in [-0.05, 0) is 66.3 Å². The van der Waals surface area contributed by atoms with E-state index in [0.29, 0.717) is 38.0 Å². The van der Waals surface area contributed by atoms with Crippen molar-refractivity contribution < 1.29 is 24.0 Å². The number of nitrogens with zero attached hydrogens (tertiary/aromatic N) is 3. The molecule has 1 saturated heterocycles. The van der Waals surface area contributed by atoms with E-state index in [-0.39, 0.29) is 42.8 Å². The maximum Gasteiger partial charge on any atom is 0.318 e. The Kier molecular flexibility index (Phi) is 13.0. The van der Waals surface area contributed by atoms with Crippen LogP contribution in [0.4, 0.5) is 4.79 Å². The van der Waals surface area contributed by atoms with E-state index >= 15 is 0 Å². The highest BCUT2D eigenvalue weighted by molar-refractivity contribution is 5.95. The highest BCUT2D eigenvalue weighted by atomic mass is 16.2. The molecule has 6 amide bonds. The summed E-state index contributed by atoms with van der Waals surface area (Å²) in [5, 5.41) is 11.7. The van der Waals surface area contributed by atoms with E-state index in [1.54, 1.807) is 23.2 Å². The molecule has 0 bridgehead atoms. The predicted octanol–water partition coefficient (Wildman–Crippen LogP) is 3.78. The molecular formula is C40H51N7O5. The van der Waals surface area contributed by atoms with E-state index in [9.17, 15) is 24.0 Å². The minimum absolute atomic E-state index is 0.169. The minimum Gasteiger partial charge on any atom is -0.355 e. The molecule has 1 fully saturated rings. The highest BCUT2D eigenvalue weighted by Crippen LogP contribution is 2.29. The second-order valence-electron chi connectivity index (χ2n) is 14.8. The lowest BCUT2D eigenvalue weighted by Gasteiger charge is -2.35. The number of carbonyl (C=O) groups is 5. The molecule has 1 aliphatic heterocycles. The number of carbonyl (C=O) groups excluding carboxylic acids is 5. The van der Waals surface area contributed by atoms with Gasteiger partial charge in [0.25, 0.3) is 5.91 Å². The molecule has 0 spiro atoms. The lowest BCUT2D eigenvalue weighted by molar-refractivity contribution is -0.132. The first kappa shape index (κ1) is 38.0. The molecule has 5 rings (SSSR count). The van der Waals surface area contributed by atoms with Crippen LogP contribution in [0.25, 0.3) is 0 Å². The summed E-state index contributed by atoms with van der Waals surface area (Å²) in [6.07, 6.45) is 6.33. The molecule has 3 atom stereocenters. The van der Waals surface area contributed by atoms with Gasteiger partial charge in [-0.2, -0.15) is 0 Å². The third-order valence-corrected chi connectivity index (χ3v) is 9.47. The van der Waals surface area contributed by atoms with Crippen molar-refractivity contribution in [3.8, 4) is 0 Å². The highest BCUT2D eigenvalue weighted by Gasteiger charge is 2.33. The van der Waals surface area contributed by atoms with Gasteiger partial charge in [0.15, 0.2) is 0 Å². The Morgan fingerprint density at radius 1 is 0.827 bits per heavy atom. The molecule has 276 valence electrons. The number of rotatable bonds is 12. The Hall–Kier alpha value is -5.26.